The average molecular weight is 311 g/mol. The molecule has 0 aromatic heterocycles. The van der Waals surface area contributed by atoms with Crippen LogP contribution in [0.2, 0.25) is 0 Å². The maximum atomic E-state index is 12.8. The number of benzene rings is 2. The van der Waals surface area contributed by atoms with Gasteiger partial charge in [-0.25, -0.2) is 4.39 Å². The maximum absolute atomic E-state index is 12.8. The minimum Gasteiger partial charge on any atom is -0.325 e. The van der Waals surface area contributed by atoms with E-state index in [4.69, 9.17) is 5.26 Å². The summed E-state index contributed by atoms with van der Waals surface area (Å²) in [6.07, 6.45) is 0. The van der Waals surface area contributed by atoms with E-state index in [2.05, 4.69) is 5.32 Å². The third-order valence-corrected chi connectivity index (χ3v) is 3.10. The van der Waals surface area contributed by atoms with Gasteiger partial charge in [0.25, 0.3) is 0 Å². The molecule has 0 heterocycles. The van der Waals surface area contributed by atoms with Gasteiger partial charge in [0.1, 0.15) is 12.4 Å². The van der Waals surface area contributed by atoms with Crippen LogP contribution in [0.3, 0.4) is 0 Å². The van der Waals surface area contributed by atoms with Crippen LogP contribution in [-0.2, 0) is 9.59 Å². The Labute approximate surface area is 133 Å². The van der Waals surface area contributed by atoms with E-state index in [0.717, 1.165) is 0 Å². The van der Waals surface area contributed by atoms with Crippen molar-refractivity contribution in [3.05, 3.63) is 59.9 Å². The van der Waals surface area contributed by atoms with Gasteiger partial charge in [0, 0.05) is 18.3 Å². The van der Waals surface area contributed by atoms with E-state index in [1.807, 2.05) is 6.07 Å². The van der Waals surface area contributed by atoms with Gasteiger partial charge in [0.15, 0.2) is 0 Å². The Hall–Kier alpha value is -3.20. The summed E-state index contributed by atoms with van der Waals surface area (Å²) in [4.78, 5) is 25.1. The van der Waals surface area contributed by atoms with E-state index in [9.17, 15) is 14.0 Å². The van der Waals surface area contributed by atoms with Gasteiger partial charge in [-0.15, -0.1) is 0 Å². The molecular formula is C17H14FN3O2. The molecule has 0 fully saturated rings. The van der Waals surface area contributed by atoms with E-state index in [0.29, 0.717) is 16.9 Å². The topological polar surface area (TPSA) is 73.2 Å². The number of halogens is 1. The Balaban J connectivity index is 2.12. The molecule has 0 aliphatic carbocycles. The van der Waals surface area contributed by atoms with Crippen molar-refractivity contribution < 1.29 is 14.0 Å². The normalized spacial score (nSPS) is 9.78. The van der Waals surface area contributed by atoms with Crippen LogP contribution in [0, 0.1) is 17.1 Å². The highest BCUT2D eigenvalue weighted by atomic mass is 19.1. The highest BCUT2D eigenvalue weighted by Gasteiger charge is 2.16. The second kappa shape index (κ2) is 7.18. The zero-order valence-corrected chi connectivity index (χ0v) is 12.4. The van der Waals surface area contributed by atoms with Crippen LogP contribution in [0.5, 0.6) is 0 Å². The lowest BCUT2D eigenvalue weighted by Gasteiger charge is -2.20. The summed E-state index contributed by atoms with van der Waals surface area (Å²) in [6, 6.07) is 13.7. The van der Waals surface area contributed by atoms with Crippen molar-refractivity contribution in [2.45, 2.75) is 6.92 Å². The molecule has 5 nitrogen and oxygen atoms in total. The molecule has 0 atom stereocenters. The molecule has 2 amide bonds. The van der Waals surface area contributed by atoms with Crippen molar-refractivity contribution >= 4 is 23.2 Å². The van der Waals surface area contributed by atoms with Gasteiger partial charge >= 0.3 is 0 Å². The van der Waals surface area contributed by atoms with Crippen molar-refractivity contribution in [3.63, 3.8) is 0 Å². The number of anilines is 2. The first-order valence-corrected chi connectivity index (χ1v) is 6.83. The van der Waals surface area contributed by atoms with Gasteiger partial charge in [0.05, 0.1) is 11.6 Å². The fourth-order valence-electron chi connectivity index (χ4n) is 2.01. The third-order valence-electron chi connectivity index (χ3n) is 3.10. The predicted octanol–water partition coefficient (Wildman–Crippen LogP) is 2.69. The summed E-state index contributed by atoms with van der Waals surface area (Å²) in [5, 5.41) is 11.5. The number of hydrogen-bond acceptors (Lipinski definition) is 3. The van der Waals surface area contributed by atoms with Gasteiger partial charge < -0.3 is 10.2 Å². The molecule has 0 unspecified atom stereocenters. The lowest BCUT2D eigenvalue weighted by molar-refractivity contribution is -0.120. The summed E-state index contributed by atoms with van der Waals surface area (Å²) in [5.74, 6) is -1.15. The number of nitriles is 1. The van der Waals surface area contributed by atoms with E-state index < -0.39 is 11.7 Å². The van der Waals surface area contributed by atoms with Crippen LogP contribution in [0.4, 0.5) is 15.8 Å². The van der Waals surface area contributed by atoms with Gasteiger partial charge in [0.2, 0.25) is 11.8 Å². The van der Waals surface area contributed by atoms with Crippen LogP contribution in [0.15, 0.2) is 48.5 Å². The Morgan fingerprint density at radius 3 is 2.52 bits per heavy atom. The molecule has 6 heteroatoms. The fourth-order valence-corrected chi connectivity index (χ4v) is 2.01. The molecule has 0 aliphatic rings. The number of carbonyl (C=O) groups is 2. The van der Waals surface area contributed by atoms with Crippen LogP contribution in [-0.4, -0.2) is 18.4 Å². The number of nitrogens with zero attached hydrogens (tertiary/aromatic N) is 2. The molecule has 1 N–H and O–H groups in total. The molecule has 2 aromatic rings. The van der Waals surface area contributed by atoms with Gasteiger partial charge in [-0.2, -0.15) is 5.26 Å². The molecule has 0 radical (unpaired) electrons. The Morgan fingerprint density at radius 1 is 1.22 bits per heavy atom. The molecule has 0 saturated carbocycles. The first-order chi connectivity index (χ1) is 11.0. The van der Waals surface area contributed by atoms with Crippen LogP contribution in [0.25, 0.3) is 0 Å². The molecule has 0 bridgehead atoms. The Morgan fingerprint density at radius 2 is 1.91 bits per heavy atom. The number of hydrogen-bond donors (Lipinski definition) is 1. The quantitative estimate of drug-likeness (QED) is 0.943. The lowest BCUT2D eigenvalue weighted by atomic mass is 10.2. The smallest absolute Gasteiger partial charge is 0.244 e. The first-order valence-electron chi connectivity index (χ1n) is 6.83. The summed E-state index contributed by atoms with van der Waals surface area (Å²) in [5.41, 5.74) is 1.30. The zero-order valence-electron chi connectivity index (χ0n) is 12.4. The third kappa shape index (κ3) is 4.38. The van der Waals surface area contributed by atoms with Gasteiger partial charge in [-0.3, -0.25) is 9.59 Å². The summed E-state index contributed by atoms with van der Waals surface area (Å²) in [7, 11) is 0. The van der Waals surface area contributed by atoms with Crippen LogP contribution < -0.4 is 10.2 Å². The second-order valence-corrected chi connectivity index (χ2v) is 4.82. The van der Waals surface area contributed by atoms with Gasteiger partial charge in [-0.1, -0.05) is 6.07 Å². The average Bonchev–Trinajstić information content (AvgIpc) is 2.54. The van der Waals surface area contributed by atoms with Crippen molar-refractivity contribution in [3.8, 4) is 6.07 Å². The number of rotatable bonds is 4. The van der Waals surface area contributed by atoms with Gasteiger partial charge in [-0.05, 0) is 42.5 Å². The van der Waals surface area contributed by atoms with Crippen LogP contribution >= 0.6 is 0 Å². The number of amides is 2. The molecule has 0 aliphatic heterocycles. The minimum atomic E-state index is -0.422. The van der Waals surface area contributed by atoms with E-state index in [-0.39, 0.29) is 12.5 Å². The molecule has 0 spiro atoms. The maximum Gasteiger partial charge on any atom is 0.244 e. The second-order valence-electron chi connectivity index (χ2n) is 4.82. The molecule has 116 valence electrons. The molecule has 23 heavy (non-hydrogen) atoms. The minimum absolute atomic E-state index is 0.207. The Kier molecular flexibility index (Phi) is 5.05. The van der Waals surface area contributed by atoms with E-state index in [1.54, 1.807) is 18.2 Å². The molecule has 2 aromatic carbocycles. The van der Waals surface area contributed by atoms with Crippen molar-refractivity contribution in [1.29, 1.82) is 5.26 Å². The SMILES string of the molecule is CC(=O)N(CC(=O)Nc1ccc(F)cc1)c1cccc(C#N)c1. The molecule has 0 saturated heterocycles. The molecular weight excluding hydrogens is 297 g/mol. The Bertz CT molecular complexity index is 766. The highest BCUT2D eigenvalue weighted by molar-refractivity contribution is 6.01. The molecule has 2 rings (SSSR count). The lowest BCUT2D eigenvalue weighted by Crippen LogP contribution is -2.36. The number of nitrogens with one attached hydrogen (secondary N) is 1. The standard InChI is InChI=1S/C17H14FN3O2/c1-12(22)21(16-4-2-3-13(9-16)10-19)11-17(23)20-15-7-5-14(18)6-8-15/h2-9H,11H2,1H3,(H,20,23). The fraction of sp³-hybridized carbons (Fsp3) is 0.118. The highest BCUT2D eigenvalue weighted by Crippen LogP contribution is 2.16. The van der Waals surface area contributed by atoms with Crippen molar-refractivity contribution in [1.82, 2.24) is 0 Å². The first kappa shape index (κ1) is 16.2. The number of carbonyl (C=O) groups excluding carboxylic acids is 2. The monoisotopic (exact) mass is 311 g/mol. The van der Waals surface area contributed by atoms with E-state index >= 15 is 0 Å². The van der Waals surface area contributed by atoms with Crippen molar-refractivity contribution in [2.75, 3.05) is 16.8 Å². The summed E-state index contributed by atoms with van der Waals surface area (Å²) < 4.78 is 12.8. The van der Waals surface area contributed by atoms with Crippen LogP contribution in [0.1, 0.15) is 12.5 Å². The van der Waals surface area contributed by atoms with E-state index in [1.165, 1.54) is 42.2 Å². The predicted molar refractivity (Wildman–Crippen MR) is 84.2 cm³/mol. The zero-order chi connectivity index (χ0) is 16.8. The summed E-state index contributed by atoms with van der Waals surface area (Å²) >= 11 is 0. The summed E-state index contributed by atoms with van der Waals surface area (Å²) in [6.45, 7) is 1.13. The van der Waals surface area contributed by atoms with Crippen molar-refractivity contribution in [2.24, 2.45) is 0 Å². The largest absolute Gasteiger partial charge is 0.325 e.